The van der Waals surface area contributed by atoms with Crippen molar-refractivity contribution < 1.29 is 24.2 Å². The van der Waals surface area contributed by atoms with Gasteiger partial charge >= 0.3 is 5.97 Å². The van der Waals surface area contributed by atoms with Crippen LogP contribution in [0.4, 0.5) is 15.8 Å². The van der Waals surface area contributed by atoms with E-state index in [4.69, 9.17) is 16.7 Å². The Hall–Kier alpha value is -3.64. The Morgan fingerprint density at radius 2 is 1.88 bits per heavy atom. The van der Waals surface area contributed by atoms with Gasteiger partial charge in [0.1, 0.15) is 17.1 Å². The Balaban J connectivity index is 1.68. The van der Waals surface area contributed by atoms with Gasteiger partial charge in [-0.2, -0.15) is 0 Å². The summed E-state index contributed by atoms with van der Waals surface area (Å²) in [6.45, 7) is 0. The fourth-order valence-electron chi connectivity index (χ4n) is 4.13. The standard InChI is InChI=1S/C25H17ClFNO4/c26-19-4-1-3-15(13-7-8-13)17(19)12-18-23-20(27)5-2-6-21(23)28(24(18)30)14-9-10-16(25(31)32)22(29)11-14/h1-6,9-13,29H,7-8H2,(H,31,32)/b18-12+. The lowest BCUT2D eigenvalue weighted by Gasteiger charge is -2.18. The largest absolute Gasteiger partial charge is 0.507 e. The highest BCUT2D eigenvalue weighted by Gasteiger charge is 2.37. The van der Waals surface area contributed by atoms with E-state index in [0.717, 1.165) is 18.4 Å². The topological polar surface area (TPSA) is 77.8 Å². The van der Waals surface area contributed by atoms with E-state index < -0.39 is 23.4 Å². The predicted octanol–water partition coefficient (Wildman–Crippen LogP) is 5.98. The maximum atomic E-state index is 14.9. The lowest BCUT2D eigenvalue weighted by Crippen LogP contribution is -2.20. The Morgan fingerprint density at radius 1 is 1.12 bits per heavy atom. The van der Waals surface area contributed by atoms with Crippen LogP contribution in [0, 0.1) is 5.82 Å². The minimum atomic E-state index is -1.29. The Bertz CT molecular complexity index is 1330. The molecule has 7 heteroatoms. The molecule has 2 aliphatic rings. The van der Waals surface area contributed by atoms with Gasteiger partial charge in [-0.05, 0) is 66.3 Å². The molecule has 5 nitrogen and oxygen atoms in total. The van der Waals surface area contributed by atoms with Gasteiger partial charge in [0.2, 0.25) is 0 Å². The summed E-state index contributed by atoms with van der Waals surface area (Å²) in [4.78, 5) is 26.0. The molecular weight excluding hydrogens is 433 g/mol. The number of amides is 1. The number of carbonyl (C=O) groups excluding carboxylic acids is 1. The third-order valence-electron chi connectivity index (χ3n) is 5.80. The molecule has 1 saturated carbocycles. The van der Waals surface area contributed by atoms with Crippen LogP contribution >= 0.6 is 11.6 Å². The van der Waals surface area contributed by atoms with E-state index in [-0.39, 0.29) is 22.4 Å². The third-order valence-corrected chi connectivity index (χ3v) is 6.13. The number of aromatic hydroxyl groups is 1. The van der Waals surface area contributed by atoms with Crippen LogP contribution in [0.5, 0.6) is 5.75 Å². The van der Waals surface area contributed by atoms with Crippen molar-refractivity contribution in [3.63, 3.8) is 0 Å². The second-order valence-corrected chi connectivity index (χ2v) is 8.26. The van der Waals surface area contributed by atoms with Gasteiger partial charge in [0, 0.05) is 16.7 Å². The van der Waals surface area contributed by atoms with E-state index in [1.54, 1.807) is 18.2 Å². The van der Waals surface area contributed by atoms with Gasteiger partial charge in [-0.15, -0.1) is 0 Å². The van der Waals surface area contributed by atoms with Crippen molar-refractivity contribution >= 4 is 46.5 Å². The zero-order chi connectivity index (χ0) is 22.6. The molecule has 0 atom stereocenters. The number of phenols is 1. The summed E-state index contributed by atoms with van der Waals surface area (Å²) in [5, 5.41) is 19.8. The number of benzene rings is 3. The molecule has 3 aromatic carbocycles. The van der Waals surface area contributed by atoms with Gasteiger partial charge in [-0.25, -0.2) is 9.18 Å². The van der Waals surface area contributed by atoms with E-state index in [9.17, 15) is 19.1 Å². The molecule has 0 unspecified atom stereocenters. The van der Waals surface area contributed by atoms with Gasteiger partial charge in [-0.3, -0.25) is 9.69 Å². The van der Waals surface area contributed by atoms with E-state index in [1.165, 1.54) is 35.2 Å². The van der Waals surface area contributed by atoms with Gasteiger partial charge in [0.25, 0.3) is 5.91 Å². The lowest BCUT2D eigenvalue weighted by molar-refractivity contribution is -0.112. The van der Waals surface area contributed by atoms with Crippen molar-refractivity contribution in [2.24, 2.45) is 0 Å². The molecule has 0 saturated heterocycles. The zero-order valence-electron chi connectivity index (χ0n) is 16.7. The van der Waals surface area contributed by atoms with Crippen LogP contribution in [0.25, 0.3) is 11.6 Å². The van der Waals surface area contributed by atoms with Crippen LogP contribution in [0.1, 0.15) is 45.8 Å². The number of hydrogen-bond donors (Lipinski definition) is 2. The summed E-state index contributed by atoms with van der Waals surface area (Å²) in [7, 11) is 0. The Kier molecular flexibility index (Phi) is 4.75. The number of rotatable bonds is 4. The predicted molar refractivity (Wildman–Crippen MR) is 120 cm³/mol. The maximum absolute atomic E-state index is 14.9. The first-order chi connectivity index (χ1) is 15.4. The molecule has 1 heterocycles. The fraction of sp³-hybridized carbons (Fsp3) is 0.120. The molecule has 32 heavy (non-hydrogen) atoms. The van der Waals surface area contributed by atoms with Crippen LogP contribution < -0.4 is 4.90 Å². The number of carboxylic acid groups (broad SMARTS) is 1. The molecule has 1 fully saturated rings. The Morgan fingerprint density at radius 3 is 2.56 bits per heavy atom. The van der Waals surface area contributed by atoms with Gasteiger partial charge < -0.3 is 10.2 Å². The van der Waals surface area contributed by atoms with Crippen molar-refractivity contribution in [2.75, 3.05) is 4.90 Å². The normalized spacial score (nSPS) is 16.5. The average Bonchev–Trinajstić information content (AvgIpc) is 3.54. The smallest absolute Gasteiger partial charge is 0.339 e. The highest BCUT2D eigenvalue weighted by Crippen LogP contribution is 2.47. The molecule has 1 amide bonds. The number of fused-ring (bicyclic) bond motifs is 1. The monoisotopic (exact) mass is 449 g/mol. The summed E-state index contributed by atoms with van der Waals surface area (Å²) >= 11 is 6.46. The molecule has 160 valence electrons. The Labute approximate surface area is 188 Å². The van der Waals surface area contributed by atoms with Crippen LogP contribution in [0.2, 0.25) is 5.02 Å². The van der Waals surface area contributed by atoms with Crippen molar-refractivity contribution in [2.45, 2.75) is 18.8 Å². The molecule has 3 aromatic rings. The number of halogens is 2. The number of hydrogen-bond acceptors (Lipinski definition) is 3. The molecule has 1 aliphatic carbocycles. The summed E-state index contributed by atoms with van der Waals surface area (Å²) < 4.78 is 14.9. The van der Waals surface area contributed by atoms with E-state index in [2.05, 4.69) is 0 Å². The first-order valence-corrected chi connectivity index (χ1v) is 10.4. The van der Waals surface area contributed by atoms with Crippen LogP contribution in [-0.2, 0) is 4.79 Å². The highest BCUT2D eigenvalue weighted by molar-refractivity contribution is 6.39. The molecule has 0 radical (unpaired) electrons. The van der Waals surface area contributed by atoms with Crippen LogP contribution in [0.3, 0.4) is 0 Å². The maximum Gasteiger partial charge on any atom is 0.339 e. The number of carboxylic acids is 1. The summed E-state index contributed by atoms with van der Waals surface area (Å²) in [6.07, 6.45) is 3.71. The molecule has 2 N–H and O–H groups in total. The van der Waals surface area contributed by atoms with E-state index in [1.807, 2.05) is 12.1 Å². The molecule has 0 spiro atoms. The number of carbonyl (C=O) groups is 2. The zero-order valence-corrected chi connectivity index (χ0v) is 17.4. The van der Waals surface area contributed by atoms with E-state index in [0.29, 0.717) is 22.2 Å². The lowest BCUT2D eigenvalue weighted by atomic mass is 9.98. The minimum absolute atomic E-state index is 0.140. The second-order valence-electron chi connectivity index (χ2n) is 7.86. The van der Waals surface area contributed by atoms with E-state index >= 15 is 0 Å². The number of anilines is 2. The molecule has 5 rings (SSSR count). The molecule has 1 aliphatic heterocycles. The van der Waals surface area contributed by atoms with Crippen molar-refractivity contribution in [3.8, 4) is 5.75 Å². The summed E-state index contributed by atoms with van der Waals surface area (Å²) in [6, 6.07) is 13.8. The highest BCUT2D eigenvalue weighted by atomic mass is 35.5. The summed E-state index contributed by atoms with van der Waals surface area (Å²) in [5.41, 5.74) is 2.26. The fourth-order valence-corrected chi connectivity index (χ4v) is 4.37. The SMILES string of the molecule is O=C(O)c1ccc(N2C(=O)/C(=C/c3c(Cl)cccc3C3CC3)c3c(F)cccc32)cc1O. The van der Waals surface area contributed by atoms with Crippen LogP contribution in [0.15, 0.2) is 54.6 Å². The second kappa shape index (κ2) is 7.50. The van der Waals surface area contributed by atoms with Crippen molar-refractivity contribution in [1.82, 2.24) is 0 Å². The third kappa shape index (κ3) is 3.24. The molecule has 0 bridgehead atoms. The van der Waals surface area contributed by atoms with Crippen molar-refractivity contribution in [1.29, 1.82) is 0 Å². The first-order valence-electron chi connectivity index (χ1n) is 10.1. The molecule has 0 aromatic heterocycles. The average molecular weight is 450 g/mol. The van der Waals surface area contributed by atoms with Crippen molar-refractivity contribution in [3.05, 3.63) is 87.7 Å². The van der Waals surface area contributed by atoms with Gasteiger partial charge in [0.15, 0.2) is 0 Å². The quantitative estimate of drug-likeness (QED) is 0.480. The van der Waals surface area contributed by atoms with Crippen LogP contribution in [-0.4, -0.2) is 22.1 Å². The number of nitrogens with zero attached hydrogens (tertiary/aromatic N) is 1. The van der Waals surface area contributed by atoms with Gasteiger partial charge in [-0.1, -0.05) is 29.8 Å². The minimum Gasteiger partial charge on any atom is -0.507 e. The molecular formula is C25H17ClFNO4. The first kappa shape index (κ1) is 20.3. The summed E-state index contributed by atoms with van der Waals surface area (Å²) in [5.74, 6) is -2.46. The van der Waals surface area contributed by atoms with Gasteiger partial charge in [0.05, 0.1) is 16.9 Å². The number of aromatic carboxylic acids is 1.